The molecule has 3 aromatic heterocycles. The van der Waals surface area contributed by atoms with Crippen LogP contribution in [0, 0.1) is 13.8 Å². The maximum absolute atomic E-state index is 12.6. The number of halogens is 4. The fourth-order valence-corrected chi connectivity index (χ4v) is 2.65. The third-order valence-corrected chi connectivity index (χ3v) is 3.96. The fourth-order valence-electron chi connectivity index (χ4n) is 2.46. The highest BCUT2D eigenvalue weighted by atomic mass is 35.5. The van der Waals surface area contributed by atoms with Gasteiger partial charge >= 0.3 is 6.18 Å². The van der Waals surface area contributed by atoms with E-state index in [2.05, 4.69) is 25.1 Å². The third kappa shape index (κ3) is 5.23. The summed E-state index contributed by atoms with van der Waals surface area (Å²) < 4.78 is 42.6. The minimum absolute atomic E-state index is 0.0332. The fraction of sp³-hybridized carbons (Fsp3) is 0.222. The van der Waals surface area contributed by atoms with Gasteiger partial charge in [0, 0.05) is 11.8 Å². The van der Waals surface area contributed by atoms with E-state index in [0.717, 1.165) is 11.4 Å². The Balaban J connectivity index is 1.75. The highest BCUT2D eigenvalue weighted by Gasteiger charge is 2.28. The summed E-state index contributed by atoms with van der Waals surface area (Å²) in [6, 6.07) is 7.59. The van der Waals surface area contributed by atoms with Crippen LogP contribution in [0.15, 0.2) is 36.5 Å². The molecule has 0 bridgehead atoms. The second-order valence-electron chi connectivity index (χ2n) is 6.08. The number of ether oxygens (including phenoxy) is 1. The highest BCUT2D eigenvalue weighted by Crippen LogP contribution is 2.21. The standard InChI is InChI=1S/C18H15ClF3N5O2/c1-10-7-11(2)27(26-10)14-5-4-13(19)16(25-14)17(28)24-12-3-6-15(23-8-12)29-9-18(20,21)22/h3-8H,9H2,1-2H3,(H,24,28). The minimum Gasteiger partial charge on any atom is -0.468 e. The molecule has 0 radical (unpaired) electrons. The van der Waals surface area contributed by atoms with Crippen molar-refractivity contribution >= 4 is 23.2 Å². The monoisotopic (exact) mass is 425 g/mol. The number of nitrogens with zero attached hydrogens (tertiary/aromatic N) is 4. The van der Waals surface area contributed by atoms with E-state index < -0.39 is 18.7 Å². The summed E-state index contributed by atoms with van der Waals surface area (Å²) in [7, 11) is 0. The molecular weight excluding hydrogens is 411 g/mol. The zero-order chi connectivity index (χ0) is 21.2. The number of rotatable bonds is 5. The van der Waals surface area contributed by atoms with Crippen LogP contribution in [0.3, 0.4) is 0 Å². The molecule has 3 rings (SSSR count). The Morgan fingerprint density at radius 3 is 2.59 bits per heavy atom. The normalized spacial score (nSPS) is 11.4. The van der Waals surface area contributed by atoms with Gasteiger partial charge in [-0.2, -0.15) is 18.3 Å². The Morgan fingerprint density at radius 1 is 1.24 bits per heavy atom. The zero-order valence-electron chi connectivity index (χ0n) is 15.3. The summed E-state index contributed by atoms with van der Waals surface area (Å²) in [5.74, 6) is -0.411. The maximum Gasteiger partial charge on any atom is 0.422 e. The van der Waals surface area contributed by atoms with Crippen molar-refractivity contribution in [2.45, 2.75) is 20.0 Å². The number of carbonyl (C=O) groups excluding carboxylic acids is 1. The lowest BCUT2D eigenvalue weighted by Crippen LogP contribution is -2.19. The average Bonchev–Trinajstić information content (AvgIpc) is 2.99. The van der Waals surface area contributed by atoms with E-state index in [1.807, 2.05) is 19.9 Å². The number of hydrogen-bond acceptors (Lipinski definition) is 5. The Hall–Kier alpha value is -3.14. The van der Waals surface area contributed by atoms with Crippen LogP contribution >= 0.6 is 11.6 Å². The van der Waals surface area contributed by atoms with Crippen molar-refractivity contribution in [1.29, 1.82) is 0 Å². The van der Waals surface area contributed by atoms with Crippen molar-refractivity contribution in [3.63, 3.8) is 0 Å². The average molecular weight is 426 g/mol. The van der Waals surface area contributed by atoms with Gasteiger partial charge in [0.05, 0.1) is 22.6 Å². The van der Waals surface area contributed by atoms with E-state index in [-0.39, 0.29) is 22.3 Å². The number of aryl methyl sites for hydroxylation is 2. The summed E-state index contributed by atoms with van der Waals surface area (Å²) in [6.45, 7) is 2.23. The predicted molar refractivity (Wildman–Crippen MR) is 99.6 cm³/mol. The number of carbonyl (C=O) groups is 1. The number of alkyl halides is 3. The summed E-state index contributed by atoms with van der Waals surface area (Å²) in [6.07, 6.45) is -3.30. The topological polar surface area (TPSA) is 81.9 Å². The van der Waals surface area contributed by atoms with Crippen LogP contribution in [0.2, 0.25) is 5.02 Å². The van der Waals surface area contributed by atoms with Crippen molar-refractivity contribution < 1.29 is 22.7 Å². The lowest BCUT2D eigenvalue weighted by atomic mass is 10.3. The Morgan fingerprint density at radius 2 is 2.00 bits per heavy atom. The molecule has 3 aromatic rings. The Labute approximate surface area is 168 Å². The second kappa shape index (κ2) is 8.08. The molecule has 0 aliphatic carbocycles. The molecule has 0 spiro atoms. The van der Waals surface area contributed by atoms with Crippen LogP contribution in [-0.2, 0) is 0 Å². The van der Waals surface area contributed by atoms with Crippen molar-refractivity contribution in [2.24, 2.45) is 0 Å². The van der Waals surface area contributed by atoms with Gasteiger partial charge in [0.15, 0.2) is 12.4 Å². The van der Waals surface area contributed by atoms with E-state index in [1.165, 1.54) is 24.4 Å². The molecular formula is C18H15ClF3N5O2. The van der Waals surface area contributed by atoms with E-state index in [1.54, 1.807) is 10.7 Å². The zero-order valence-corrected chi connectivity index (χ0v) is 16.0. The molecule has 152 valence electrons. The number of hydrogen-bond donors (Lipinski definition) is 1. The quantitative estimate of drug-likeness (QED) is 0.664. The van der Waals surface area contributed by atoms with Gasteiger partial charge < -0.3 is 10.1 Å². The third-order valence-electron chi connectivity index (χ3n) is 3.65. The van der Waals surface area contributed by atoms with E-state index in [4.69, 9.17) is 11.6 Å². The molecule has 1 amide bonds. The first-order chi connectivity index (χ1) is 13.6. The van der Waals surface area contributed by atoms with E-state index >= 15 is 0 Å². The van der Waals surface area contributed by atoms with Crippen molar-refractivity contribution in [1.82, 2.24) is 19.7 Å². The number of aromatic nitrogens is 4. The number of anilines is 1. The molecule has 7 nitrogen and oxygen atoms in total. The summed E-state index contributed by atoms with van der Waals surface area (Å²) >= 11 is 6.10. The molecule has 3 heterocycles. The summed E-state index contributed by atoms with van der Waals surface area (Å²) in [5.41, 5.74) is 1.84. The molecule has 0 fully saturated rings. The Bertz CT molecular complexity index is 1030. The summed E-state index contributed by atoms with van der Waals surface area (Å²) in [5, 5.41) is 6.99. The molecule has 0 aliphatic heterocycles. The van der Waals surface area contributed by atoms with Crippen LogP contribution in [0.1, 0.15) is 21.9 Å². The van der Waals surface area contributed by atoms with Crippen LogP contribution < -0.4 is 10.1 Å². The van der Waals surface area contributed by atoms with Crippen LogP contribution in [0.25, 0.3) is 5.82 Å². The van der Waals surface area contributed by atoms with Crippen LogP contribution in [0.5, 0.6) is 5.88 Å². The molecule has 1 N–H and O–H groups in total. The largest absolute Gasteiger partial charge is 0.468 e. The first kappa shape index (κ1) is 20.6. The van der Waals surface area contributed by atoms with Gasteiger partial charge in [-0.15, -0.1) is 0 Å². The van der Waals surface area contributed by atoms with Gasteiger partial charge in [0.25, 0.3) is 5.91 Å². The highest BCUT2D eigenvalue weighted by molar-refractivity contribution is 6.34. The van der Waals surface area contributed by atoms with E-state index in [0.29, 0.717) is 5.82 Å². The smallest absolute Gasteiger partial charge is 0.422 e. The van der Waals surface area contributed by atoms with Gasteiger partial charge in [0.1, 0.15) is 5.69 Å². The second-order valence-corrected chi connectivity index (χ2v) is 6.49. The van der Waals surface area contributed by atoms with Crippen LogP contribution in [-0.4, -0.2) is 38.4 Å². The van der Waals surface area contributed by atoms with Gasteiger partial charge in [-0.3, -0.25) is 4.79 Å². The first-order valence-electron chi connectivity index (χ1n) is 8.29. The van der Waals surface area contributed by atoms with Gasteiger partial charge in [-0.25, -0.2) is 14.6 Å². The molecule has 29 heavy (non-hydrogen) atoms. The molecule has 0 aliphatic rings. The van der Waals surface area contributed by atoms with E-state index in [9.17, 15) is 18.0 Å². The van der Waals surface area contributed by atoms with Crippen molar-refractivity contribution in [3.05, 3.63) is 58.6 Å². The molecule has 0 aromatic carbocycles. The molecule has 0 saturated carbocycles. The lowest BCUT2D eigenvalue weighted by Gasteiger charge is -2.10. The van der Waals surface area contributed by atoms with Gasteiger partial charge in [0.2, 0.25) is 5.88 Å². The molecule has 0 atom stereocenters. The molecule has 0 saturated heterocycles. The maximum atomic E-state index is 12.6. The van der Waals surface area contributed by atoms with Gasteiger partial charge in [-0.05, 0) is 38.1 Å². The minimum atomic E-state index is -4.46. The first-order valence-corrected chi connectivity index (χ1v) is 8.67. The van der Waals surface area contributed by atoms with Crippen LogP contribution in [0.4, 0.5) is 18.9 Å². The van der Waals surface area contributed by atoms with Crippen molar-refractivity contribution in [2.75, 3.05) is 11.9 Å². The van der Waals surface area contributed by atoms with Crippen molar-refractivity contribution in [3.8, 4) is 11.7 Å². The number of pyridine rings is 2. The lowest BCUT2D eigenvalue weighted by molar-refractivity contribution is -0.154. The Kier molecular flexibility index (Phi) is 5.73. The number of amides is 1. The van der Waals surface area contributed by atoms with Gasteiger partial charge in [-0.1, -0.05) is 11.6 Å². The SMILES string of the molecule is Cc1cc(C)n(-c2ccc(Cl)c(C(=O)Nc3ccc(OCC(F)(F)F)nc3)n2)n1. The molecule has 11 heteroatoms. The summed E-state index contributed by atoms with van der Waals surface area (Å²) in [4.78, 5) is 20.6. The predicted octanol–water partition coefficient (Wildman–Crippen LogP) is 4.13. The molecule has 0 unspecified atom stereocenters. The number of nitrogens with one attached hydrogen (secondary N) is 1.